The van der Waals surface area contributed by atoms with Crippen LogP contribution in [-0.4, -0.2) is 16.9 Å². The normalized spacial score (nSPS) is 25.6. The Bertz CT molecular complexity index is 1240. The number of anilines is 1. The fourth-order valence-electron chi connectivity index (χ4n) is 5.96. The number of carbonyl (C=O) groups excluding carboxylic acids is 2. The van der Waals surface area contributed by atoms with Gasteiger partial charge in [0.15, 0.2) is 0 Å². The van der Waals surface area contributed by atoms with E-state index >= 15 is 0 Å². The van der Waals surface area contributed by atoms with Crippen molar-refractivity contribution in [3.8, 4) is 5.75 Å². The molecule has 7 rings (SSSR count). The van der Waals surface area contributed by atoms with Crippen molar-refractivity contribution in [1.29, 1.82) is 0 Å². The molecule has 0 radical (unpaired) electrons. The van der Waals surface area contributed by atoms with Crippen molar-refractivity contribution >= 4 is 17.5 Å². The van der Waals surface area contributed by atoms with Gasteiger partial charge in [-0.1, -0.05) is 56.3 Å². The maximum atomic E-state index is 13.7. The summed E-state index contributed by atoms with van der Waals surface area (Å²) in [5.41, 5.74) is 6.51. The summed E-state index contributed by atoms with van der Waals surface area (Å²) in [4.78, 5) is 28.7. The molecule has 31 heavy (non-hydrogen) atoms. The Kier molecular flexibility index (Phi) is 3.73. The first kappa shape index (κ1) is 18.4. The van der Waals surface area contributed by atoms with Gasteiger partial charge in [0.05, 0.1) is 17.5 Å². The molecule has 2 amide bonds. The third kappa shape index (κ3) is 2.36. The van der Waals surface area contributed by atoms with E-state index in [2.05, 4.69) is 44.2 Å². The van der Waals surface area contributed by atoms with E-state index in [1.807, 2.05) is 12.1 Å². The summed E-state index contributed by atoms with van der Waals surface area (Å²) in [6, 6.07) is 21.2. The van der Waals surface area contributed by atoms with Gasteiger partial charge in [0.1, 0.15) is 5.75 Å². The highest BCUT2D eigenvalue weighted by molar-refractivity contribution is 6.23. The van der Waals surface area contributed by atoms with Gasteiger partial charge in [0, 0.05) is 11.8 Å². The summed E-state index contributed by atoms with van der Waals surface area (Å²) in [6.45, 7) is 4.35. The van der Waals surface area contributed by atoms with Crippen LogP contribution in [0.5, 0.6) is 5.75 Å². The first-order valence-electron chi connectivity index (χ1n) is 10.9. The van der Waals surface area contributed by atoms with Crippen molar-refractivity contribution in [2.75, 3.05) is 4.90 Å². The molecule has 154 valence electrons. The van der Waals surface area contributed by atoms with Gasteiger partial charge in [0.2, 0.25) is 11.8 Å². The highest BCUT2D eigenvalue weighted by Crippen LogP contribution is 2.61. The molecule has 2 bridgehead atoms. The molecule has 4 aliphatic rings. The summed E-state index contributed by atoms with van der Waals surface area (Å²) in [6.07, 6.45) is 0. The highest BCUT2D eigenvalue weighted by Gasteiger charge is 2.61. The number of benzene rings is 3. The lowest BCUT2D eigenvalue weighted by Gasteiger charge is -2.46. The largest absolute Gasteiger partial charge is 0.508 e. The molecular weight excluding hydrogens is 386 g/mol. The van der Waals surface area contributed by atoms with Crippen LogP contribution in [0, 0.1) is 11.8 Å². The predicted octanol–water partition coefficient (Wildman–Crippen LogP) is 4.91. The molecule has 1 fully saturated rings. The molecule has 0 aromatic heterocycles. The number of amides is 2. The van der Waals surface area contributed by atoms with Crippen LogP contribution in [-0.2, 0) is 9.59 Å². The zero-order valence-corrected chi connectivity index (χ0v) is 17.4. The molecule has 0 spiro atoms. The van der Waals surface area contributed by atoms with E-state index in [0.29, 0.717) is 11.6 Å². The van der Waals surface area contributed by atoms with Crippen molar-refractivity contribution < 1.29 is 14.7 Å². The van der Waals surface area contributed by atoms with Gasteiger partial charge in [0.25, 0.3) is 0 Å². The van der Waals surface area contributed by atoms with Gasteiger partial charge in [-0.2, -0.15) is 0 Å². The van der Waals surface area contributed by atoms with Crippen molar-refractivity contribution in [1.82, 2.24) is 0 Å². The van der Waals surface area contributed by atoms with E-state index in [-0.39, 0.29) is 29.4 Å². The molecule has 1 aliphatic heterocycles. The Morgan fingerprint density at radius 2 is 1.29 bits per heavy atom. The molecule has 4 atom stereocenters. The van der Waals surface area contributed by atoms with Gasteiger partial charge in [-0.05, 0) is 58.0 Å². The summed E-state index contributed by atoms with van der Waals surface area (Å²) in [5.74, 6) is -0.767. The Labute approximate surface area is 181 Å². The minimum Gasteiger partial charge on any atom is -0.508 e. The molecule has 4 heteroatoms. The van der Waals surface area contributed by atoms with Crippen LogP contribution in [0.3, 0.4) is 0 Å². The summed E-state index contributed by atoms with van der Waals surface area (Å²) in [5, 5.41) is 9.65. The third-order valence-corrected chi connectivity index (χ3v) is 7.34. The Hall–Kier alpha value is -3.40. The lowest BCUT2D eigenvalue weighted by Crippen LogP contribution is -2.41. The zero-order valence-electron chi connectivity index (χ0n) is 17.4. The van der Waals surface area contributed by atoms with Crippen molar-refractivity contribution in [3.05, 3.63) is 94.5 Å². The fraction of sp³-hybridized carbons (Fsp3) is 0.259. The molecular formula is C27H23NO3. The van der Waals surface area contributed by atoms with E-state index in [4.69, 9.17) is 0 Å². The van der Waals surface area contributed by atoms with E-state index in [1.165, 1.54) is 44.8 Å². The Morgan fingerprint density at radius 1 is 0.742 bits per heavy atom. The third-order valence-electron chi connectivity index (χ3n) is 7.34. The molecule has 4 unspecified atom stereocenters. The first-order valence-corrected chi connectivity index (χ1v) is 10.9. The highest BCUT2D eigenvalue weighted by atomic mass is 16.3. The fourth-order valence-corrected chi connectivity index (χ4v) is 5.96. The number of carbonyl (C=O) groups is 2. The van der Waals surface area contributed by atoms with E-state index in [1.54, 1.807) is 12.1 Å². The number of phenols is 1. The molecule has 1 N–H and O–H groups in total. The molecule has 3 aromatic carbocycles. The smallest absolute Gasteiger partial charge is 0.238 e. The van der Waals surface area contributed by atoms with Gasteiger partial charge in [-0.3, -0.25) is 9.59 Å². The van der Waals surface area contributed by atoms with Crippen molar-refractivity contribution in [3.63, 3.8) is 0 Å². The second-order valence-electron chi connectivity index (χ2n) is 9.21. The number of imide groups is 1. The molecule has 4 nitrogen and oxygen atoms in total. The topological polar surface area (TPSA) is 57.6 Å². The van der Waals surface area contributed by atoms with E-state index < -0.39 is 11.8 Å². The van der Waals surface area contributed by atoms with Crippen LogP contribution in [0.1, 0.15) is 59.4 Å². The maximum Gasteiger partial charge on any atom is 0.238 e. The number of hydrogen-bond donors (Lipinski definition) is 1. The van der Waals surface area contributed by atoms with Crippen LogP contribution in [0.4, 0.5) is 5.69 Å². The van der Waals surface area contributed by atoms with Crippen LogP contribution < -0.4 is 4.90 Å². The van der Waals surface area contributed by atoms with Gasteiger partial charge in [-0.15, -0.1) is 0 Å². The summed E-state index contributed by atoms with van der Waals surface area (Å²) in [7, 11) is 0. The van der Waals surface area contributed by atoms with Crippen molar-refractivity contribution in [2.45, 2.75) is 31.6 Å². The number of rotatable bonds is 2. The molecule has 3 aliphatic carbocycles. The summed E-state index contributed by atoms with van der Waals surface area (Å²) >= 11 is 0. The lowest BCUT2D eigenvalue weighted by molar-refractivity contribution is -0.122. The second-order valence-corrected chi connectivity index (χ2v) is 9.21. The number of phenolic OH excluding ortho intramolecular Hbond substituents is 1. The maximum absolute atomic E-state index is 13.7. The van der Waals surface area contributed by atoms with Crippen molar-refractivity contribution in [2.24, 2.45) is 11.8 Å². The Balaban J connectivity index is 1.56. The summed E-state index contributed by atoms with van der Waals surface area (Å²) < 4.78 is 0. The minimum atomic E-state index is -0.392. The minimum absolute atomic E-state index is 0.110. The lowest BCUT2D eigenvalue weighted by atomic mass is 9.54. The standard InChI is InChI=1S/C27H23NO3/c1-14(2)15-7-12-20-21(13-15)23-19-6-4-3-5-18(19)22(20)24-25(23)27(31)28(26(24)30)16-8-10-17(29)11-9-16/h3-14,22-25,29H,1-2H3. The van der Waals surface area contributed by atoms with Gasteiger partial charge in [-0.25, -0.2) is 4.90 Å². The number of hydrogen-bond acceptors (Lipinski definition) is 3. The van der Waals surface area contributed by atoms with Gasteiger partial charge >= 0.3 is 0 Å². The SMILES string of the molecule is CC(C)c1ccc2c(c1)C1c3ccccc3C2C2C(=O)N(c3ccc(O)cc3)C(=O)C12. The molecule has 1 saturated heterocycles. The average molecular weight is 409 g/mol. The van der Waals surface area contributed by atoms with E-state index in [0.717, 1.165) is 0 Å². The van der Waals surface area contributed by atoms with Gasteiger partial charge < -0.3 is 5.11 Å². The Morgan fingerprint density at radius 3 is 1.87 bits per heavy atom. The number of nitrogens with zero attached hydrogens (tertiary/aromatic N) is 1. The van der Waals surface area contributed by atoms with Crippen LogP contribution in [0.2, 0.25) is 0 Å². The first-order chi connectivity index (χ1) is 15.0. The van der Waals surface area contributed by atoms with Crippen LogP contribution in [0.25, 0.3) is 0 Å². The van der Waals surface area contributed by atoms with E-state index in [9.17, 15) is 14.7 Å². The molecule has 1 heterocycles. The molecule has 3 aromatic rings. The predicted molar refractivity (Wildman–Crippen MR) is 118 cm³/mol. The van der Waals surface area contributed by atoms with Crippen LogP contribution in [0.15, 0.2) is 66.7 Å². The molecule has 0 saturated carbocycles. The average Bonchev–Trinajstić information content (AvgIpc) is 3.05. The zero-order chi connectivity index (χ0) is 21.4. The van der Waals surface area contributed by atoms with Crippen LogP contribution >= 0.6 is 0 Å². The second kappa shape index (κ2) is 6.30. The number of aromatic hydroxyl groups is 1. The monoisotopic (exact) mass is 409 g/mol. The quantitative estimate of drug-likeness (QED) is 0.612.